The first kappa shape index (κ1) is 13.8. The highest BCUT2D eigenvalue weighted by molar-refractivity contribution is 9.10. The van der Waals surface area contributed by atoms with Gasteiger partial charge >= 0.3 is 0 Å². The molecule has 4 nitrogen and oxygen atoms in total. The molecule has 0 saturated carbocycles. The van der Waals surface area contributed by atoms with E-state index in [-0.39, 0.29) is 12.4 Å². The van der Waals surface area contributed by atoms with Crippen molar-refractivity contribution < 1.29 is 13.7 Å². The number of hydrogen-bond donors (Lipinski definition) is 0. The van der Waals surface area contributed by atoms with E-state index in [1.54, 1.807) is 12.1 Å². The van der Waals surface area contributed by atoms with Crippen LogP contribution in [0.15, 0.2) is 57.5 Å². The molecule has 6 heteroatoms. The molecule has 0 atom stereocenters. The number of aromatic nitrogens is 2. The molecule has 21 heavy (non-hydrogen) atoms. The van der Waals surface area contributed by atoms with Gasteiger partial charge in [-0.1, -0.05) is 33.2 Å². The van der Waals surface area contributed by atoms with Crippen LogP contribution in [0.1, 0.15) is 5.89 Å². The van der Waals surface area contributed by atoms with Gasteiger partial charge in [0.05, 0.1) is 0 Å². The second kappa shape index (κ2) is 6.05. The van der Waals surface area contributed by atoms with Crippen LogP contribution in [0.3, 0.4) is 0 Å². The van der Waals surface area contributed by atoms with Crippen LogP contribution in [0, 0.1) is 5.82 Å². The average Bonchev–Trinajstić information content (AvgIpc) is 2.96. The van der Waals surface area contributed by atoms with Crippen LogP contribution < -0.4 is 4.74 Å². The zero-order chi connectivity index (χ0) is 14.7. The van der Waals surface area contributed by atoms with Crippen molar-refractivity contribution in [3.63, 3.8) is 0 Å². The van der Waals surface area contributed by atoms with Crippen molar-refractivity contribution >= 4 is 15.9 Å². The van der Waals surface area contributed by atoms with Crippen LogP contribution in [0.5, 0.6) is 5.75 Å². The minimum absolute atomic E-state index is 0.132. The quantitative estimate of drug-likeness (QED) is 0.708. The standard InChI is InChI=1S/C15H10BrFN2O2/c16-11-3-1-2-10(8-11)15-18-14(21-19-15)9-20-13-6-4-12(17)5-7-13/h1-8H,9H2. The van der Waals surface area contributed by atoms with Gasteiger partial charge in [-0.3, -0.25) is 0 Å². The summed E-state index contributed by atoms with van der Waals surface area (Å²) in [5.74, 6) is 1.08. The summed E-state index contributed by atoms with van der Waals surface area (Å²) in [7, 11) is 0. The lowest BCUT2D eigenvalue weighted by Crippen LogP contribution is -1.95. The van der Waals surface area contributed by atoms with Crippen molar-refractivity contribution in [1.29, 1.82) is 0 Å². The highest BCUT2D eigenvalue weighted by Gasteiger charge is 2.09. The number of rotatable bonds is 4. The molecule has 1 aromatic heterocycles. The third-order valence-electron chi connectivity index (χ3n) is 2.73. The number of nitrogens with zero attached hydrogens (tertiary/aromatic N) is 2. The molecular formula is C15H10BrFN2O2. The summed E-state index contributed by atoms with van der Waals surface area (Å²) >= 11 is 3.39. The van der Waals surface area contributed by atoms with Crippen LogP contribution in [0.25, 0.3) is 11.4 Å². The van der Waals surface area contributed by atoms with Crippen LogP contribution >= 0.6 is 15.9 Å². The lowest BCUT2D eigenvalue weighted by atomic mass is 10.2. The van der Waals surface area contributed by atoms with Gasteiger partial charge in [0.2, 0.25) is 5.82 Å². The van der Waals surface area contributed by atoms with Crippen LogP contribution in [-0.4, -0.2) is 10.1 Å². The minimum Gasteiger partial charge on any atom is -0.484 e. The fourth-order valence-corrected chi connectivity index (χ4v) is 2.13. The Morgan fingerprint density at radius 3 is 2.71 bits per heavy atom. The molecule has 0 spiro atoms. The fraction of sp³-hybridized carbons (Fsp3) is 0.0667. The minimum atomic E-state index is -0.308. The molecule has 0 aliphatic carbocycles. The molecule has 0 amide bonds. The van der Waals surface area contributed by atoms with E-state index in [2.05, 4.69) is 26.1 Å². The predicted octanol–water partition coefficient (Wildman–Crippen LogP) is 4.22. The summed E-state index contributed by atoms with van der Waals surface area (Å²) in [5.41, 5.74) is 0.848. The van der Waals surface area contributed by atoms with Crippen LogP contribution in [0.2, 0.25) is 0 Å². The fourth-order valence-electron chi connectivity index (χ4n) is 1.73. The van der Waals surface area contributed by atoms with Gasteiger partial charge in [-0.2, -0.15) is 4.98 Å². The van der Waals surface area contributed by atoms with Crippen molar-refractivity contribution in [2.24, 2.45) is 0 Å². The van der Waals surface area contributed by atoms with E-state index in [0.717, 1.165) is 10.0 Å². The first-order valence-corrected chi connectivity index (χ1v) is 6.97. The summed E-state index contributed by atoms with van der Waals surface area (Å²) in [5, 5.41) is 3.91. The Kier molecular flexibility index (Phi) is 3.96. The molecule has 3 aromatic rings. The van der Waals surface area contributed by atoms with E-state index < -0.39 is 0 Å². The third-order valence-corrected chi connectivity index (χ3v) is 3.22. The highest BCUT2D eigenvalue weighted by Crippen LogP contribution is 2.21. The normalized spacial score (nSPS) is 10.6. The highest BCUT2D eigenvalue weighted by atomic mass is 79.9. The van der Waals surface area contributed by atoms with Crippen LogP contribution in [0.4, 0.5) is 4.39 Å². The van der Waals surface area contributed by atoms with Gasteiger partial charge in [-0.05, 0) is 36.4 Å². The van der Waals surface area contributed by atoms with Crippen LogP contribution in [-0.2, 0) is 6.61 Å². The second-order valence-electron chi connectivity index (χ2n) is 4.26. The molecule has 0 aliphatic rings. The molecule has 0 N–H and O–H groups in total. The maximum atomic E-state index is 12.8. The summed E-state index contributed by atoms with van der Waals surface area (Å²) in [6.45, 7) is 0.132. The Balaban J connectivity index is 1.69. The largest absolute Gasteiger partial charge is 0.484 e. The lowest BCUT2D eigenvalue weighted by molar-refractivity contribution is 0.242. The molecule has 0 aliphatic heterocycles. The topological polar surface area (TPSA) is 48.2 Å². The molecule has 106 valence electrons. The van der Waals surface area contributed by atoms with Gasteiger partial charge in [-0.25, -0.2) is 4.39 Å². The third kappa shape index (κ3) is 3.46. The van der Waals surface area contributed by atoms with Gasteiger partial charge in [0.1, 0.15) is 11.6 Å². The smallest absolute Gasteiger partial charge is 0.264 e. The number of benzene rings is 2. The van der Waals surface area contributed by atoms with E-state index in [9.17, 15) is 4.39 Å². The zero-order valence-corrected chi connectivity index (χ0v) is 12.4. The molecule has 3 rings (SSSR count). The lowest BCUT2D eigenvalue weighted by Gasteiger charge is -2.01. The maximum absolute atomic E-state index is 12.8. The first-order chi connectivity index (χ1) is 10.2. The summed E-state index contributed by atoms with van der Waals surface area (Å²) in [4.78, 5) is 4.26. The van der Waals surface area contributed by atoms with Gasteiger partial charge in [-0.15, -0.1) is 0 Å². The Morgan fingerprint density at radius 1 is 1.14 bits per heavy atom. The average molecular weight is 349 g/mol. The van der Waals surface area contributed by atoms with E-state index in [1.807, 2.05) is 24.3 Å². The Labute approximate surface area is 128 Å². The van der Waals surface area contributed by atoms with Gasteiger partial charge < -0.3 is 9.26 Å². The van der Waals surface area contributed by atoms with Gasteiger partial charge in [0.15, 0.2) is 6.61 Å². The van der Waals surface area contributed by atoms with Gasteiger partial charge in [0, 0.05) is 10.0 Å². The van der Waals surface area contributed by atoms with Crippen molar-refractivity contribution in [3.05, 3.63) is 64.7 Å². The first-order valence-electron chi connectivity index (χ1n) is 6.17. The van der Waals surface area contributed by atoms with E-state index in [0.29, 0.717) is 17.5 Å². The van der Waals surface area contributed by atoms with Crippen molar-refractivity contribution in [1.82, 2.24) is 10.1 Å². The molecule has 0 radical (unpaired) electrons. The van der Waals surface area contributed by atoms with Crippen molar-refractivity contribution in [3.8, 4) is 17.1 Å². The Hall–Kier alpha value is -2.21. The van der Waals surface area contributed by atoms with E-state index >= 15 is 0 Å². The summed E-state index contributed by atoms with van der Waals surface area (Å²) < 4.78 is 24.3. The van der Waals surface area contributed by atoms with E-state index in [4.69, 9.17) is 9.26 Å². The summed E-state index contributed by atoms with van der Waals surface area (Å²) in [6.07, 6.45) is 0. The predicted molar refractivity (Wildman–Crippen MR) is 78.2 cm³/mol. The van der Waals surface area contributed by atoms with Crippen molar-refractivity contribution in [2.75, 3.05) is 0 Å². The number of hydrogen-bond acceptors (Lipinski definition) is 4. The number of ether oxygens (including phenoxy) is 1. The van der Waals surface area contributed by atoms with E-state index in [1.165, 1.54) is 12.1 Å². The molecular weight excluding hydrogens is 339 g/mol. The molecule has 0 saturated heterocycles. The molecule has 0 unspecified atom stereocenters. The monoisotopic (exact) mass is 348 g/mol. The molecule has 2 aromatic carbocycles. The molecule has 0 bridgehead atoms. The number of halogens is 2. The zero-order valence-electron chi connectivity index (χ0n) is 10.8. The molecule has 0 fully saturated rings. The summed E-state index contributed by atoms with van der Waals surface area (Å²) in [6, 6.07) is 13.3. The SMILES string of the molecule is Fc1ccc(OCc2nc(-c3cccc(Br)c3)no2)cc1. The second-order valence-corrected chi connectivity index (χ2v) is 5.18. The molecule has 1 heterocycles. The Bertz CT molecular complexity index is 743. The maximum Gasteiger partial charge on any atom is 0.264 e. The Morgan fingerprint density at radius 2 is 1.95 bits per heavy atom. The van der Waals surface area contributed by atoms with Crippen molar-refractivity contribution in [2.45, 2.75) is 6.61 Å². The van der Waals surface area contributed by atoms with Gasteiger partial charge in [0.25, 0.3) is 5.89 Å².